The lowest BCUT2D eigenvalue weighted by molar-refractivity contribution is -0.134. The summed E-state index contributed by atoms with van der Waals surface area (Å²) in [4.78, 5) is 29.4. The van der Waals surface area contributed by atoms with E-state index in [2.05, 4.69) is 17.0 Å². The Morgan fingerprint density at radius 2 is 1.64 bits per heavy atom. The van der Waals surface area contributed by atoms with E-state index >= 15 is 0 Å². The molecule has 146 valence electrons. The number of rotatable bonds is 6. The molecule has 0 aromatic heterocycles. The average Bonchev–Trinajstić information content (AvgIpc) is 3.55. The predicted molar refractivity (Wildman–Crippen MR) is 108 cm³/mol. The second kappa shape index (κ2) is 8.15. The SMILES string of the molecule is COc1ccc(C(=O)CN2CCN(C(=O)C3CC3c3ccccc3)CC2)cc1. The summed E-state index contributed by atoms with van der Waals surface area (Å²) in [5, 5.41) is 0. The third-order valence-corrected chi connectivity index (χ3v) is 5.80. The van der Waals surface area contributed by atoms with Crippen LogP contribution in [0, 0.1) is 5.92 Å². The van der Waals surface area contributed by atoms with Gasteiger partial charge in [-0.2, -0.15) is 0 Å². The van der Waals surface area contributed by atoms with E-state index in [1.807, 2.05) is 35.2 Å². The van der Waals surface area contributed by atoms with Gasteiger partial charge in [-0.15, -0.1) is 0 Å². The van der Waals surface area contributed by atoms with E-state index in [1.54, 1.807) is 19.2 Å². The third kappa shape index (κ3) is 4.09. The number of Topliss-reactive ketones (excluding diaryl/α,β-unsaturated/α-hetero) is 1. The third-order valence-electron chi connectivity index (χ3n) is 5.80. The second-order valence-corrected chi connectivity index (χ2v) is 7.61. The lowest BCUT2D eigenvalue weighted by Gasteiger charge is -2.34. The Morgan fingerprint density at radius 3 is 2.29 bits per heavy atom. The molecule has 2 atom stereocenters. The van der Waals surface area contributed by atoms with Crippen LogP contribution in [-0.4, -0.2) is 61.3 Å². The Bertz CT molecular complexity index is 827. The predicted octanol–water partition coefficient (Wildman–Crippen LogP) is 2.83. The molecule has 2 aliphatic rings. The molecular formula is C23H26N2O3. The van der Waals surface area contributed by atoms with Gasteiger partial charge < -0.3 is 9.64 Å². The number of methoxy groups -OCH3 is 1. The highest BCUT2D eigenvalue weighted by molar-refractivity contribution is 5.97. The average molecular weight is 378 g/mol. The van der Waals surface area contributed by atoms with Crippen LogP contribution < -0.4 is 4.74 Å². The molecule has 2 fully saturated rings. The van der Waals surface area contributed by atoms with Crippen LogP contribution in [-0.2, 0) is 4.79 Å². The van der Waals surface area contributed by atoms with Gasteiger partial charge in [-0.05, 0) is 42.2 Å². The van der Waals surface area contributed by atoms with Crippen molar-refractivity contribution in [2.45, 2.75) is 12.3 Å². The first-order chi connectivity index (χ1) is 13.7. The highest BCUT2D eigenvalue weighted by atomic mass is 16.5. The monoisotopic (exact) mass is 378 g/mol. The number of benzene rings is 2. The molecule has 1 aliphatic heterocycles. The molecule has 2 aromatic carbocycles. The number of nitrogens with zero attached hydrogens (tertiary/aromatic N) is 2. The molecule has 1 saturated heterocycles. The molecule has 5 heteroatoms. The number of piperazine rings is 1. The molecule has 4 rings (SSSR count). The number of carbonyl (C=O) groups is 2. The minimum absolute atomic E-state index is 0.105. The van der Waals surface area contributed by atoms with Crippen molar-refractivity contribution in [2.24, 2.45) is 5.92 Å². The molecule has 28 heavy (non-hydrogen) atoms. The van der Waals surface area contributed by atoms with Crippen molar-refractivity contribution < 1.29 is 14.3 Å². The second-order valence-electron chi connectivity index (χ2n) is 7.61. The highest BCUT2D eigenvalue weighted by Crippen LogP contribution is 2.48. The maximum atomic E-state index is 12.8. The van der Waals surface area contributed by atoms with Gasteiger partial charge in [0.2, 0.25) is 5.91 Å². The lowest BCUT2D eigenvalue weighted by Crippen LogP contribution is -2.50. The van der Waals surface area contributed by atoms with Gasteiger partial charge in [0.15, 0.2) is 5.78 Å². The van der Waals surface area contributed by atoms with Crippen molar-refractivity contribution in [3.63, 3.8) is 0 Å². The van der Waals surface area contributed by atoms with Crippen molar-refractivity contribution in [1.82, 2.24) is 9.80 Å². The topological polar surface area (TPSA) is 49.9 Å². The summed E-state index contributed by atoms with van der Waals surface area (Å²) in [6.45, 7) is 3.29. The number of ketones is 1. The fourth-order valence-corrected chi connectivity index (χ4v) is 3.97. The molecule has 0 N–H and O–H groups in total. The molecular weight excluding hydrogens is 352 g/mol. The summed E-state index contributed by atoms with van der Waals surface area (Å²) in [5.74, 6) is 1.64. The van der Waals surface area contributed by atoms with Gasteiger partial charge in [0.05, 0.1) is 13.7 Å². The molecule has 1 aliphatic carbocycles. The molecule has 2 aromatic rings. The van der Waals surface area contributed by atoms with Gasteiger partial charge in [0.25, 0.3) is 0 Å². The van der Waals surface area contributed by atoms with Crippen LogP contribution >= 0.6 is 0 Å². The number of hydrogen-bond donors (Lipinski definition) is 0. The van der Waals surface area contributed by atoms with E-state index in [0.717, 1.165) is 25.3 Å². The van der Waals surface area contributed by atoms with Crippen molar-refractivity contribution in [1.29, 1.82) is 0 Å². The zero-order valence-electron chi connectivity index (χ0n) is 16.2. The van der Waals surface area contributed by atoms with Gasteiger partial charge in [-0.3, -0.25) is 14.5 Å². The summed E-state index contributed by atoms with van der Waals surface area (Å²) in [6, 6.07) is 17.5. The zero-order chi connectivity index (χ0) is 19.5. The number of carbonyl (C=O) groups excluding carboxylic acids is 2. The van der Waals surface area contributed by atoms with Crippen LogP contribution in [0.2, 0.25) is 0 Å². The largest absolute Gasteiger partial charge is 0.497 e. The van der Waals surface area contributed by atoms with Crippen molar-refractivity contribution in [2.75, 3.05) is 39.8 Å². The Kier molecular flexibility index (Phi) is 5.44. The summed E-state index contributed by atoms with van der Waals surface area (Å²) in [7, 11) is 1.61. The van der Waals surface area contributed by atoms with Crippen molar-refractivity contribution in [3.8, 4) is 5.75 Å². The smallest absolute Gasteiger partial charge is 0.226 e. The van der Waals surface area contributed by atoms with Crippen molar-refractivity contribution >= 4 is 11.7 Å². The Balaban J connectivity index is 1.25. The standard InChI is InChI=1S/C23H26N2O3/c1-28-19-9-7-18(8-10-19)22(26)16-24-11-13-25(14-12-24)23(27)21-15-20(21)17-5-3-2-4-6-17/h2-10,20-21H,11-16H2,1H3. The fourth-order valence-electron chi connectivity index (χ4n) is 3.97. The Morgan fingerprint density at radius 1 is 0.964 bits per heavy atom. The molecule has 2 unspecified atom stereocenters. The van der Waals surface area contributed by atoms with Crippen LogP contribution in [0.4, 0.5) is 0 Å². The molecule has 1 saturated carbocycles. The van der Waals surface area contributed by atoms with E-state index in [0.29, 0.717) is 31.1 Å². The number of ether oxygens (including phenoxy) is 1. The Hall–Kier alpha value is -2.66. The van der Waals surface area contributed by atoms with Gasteiger partial charge in [-0.25, -0.2) is 0 Å². The first-order valence-corrected chi connectivity index (χ1v) is 9.89. The summed E-state index contributed by atoms with van der Waals surface area (Å²) in [6.07, 6.45) is 0.957. The van der Waals surface area contributed by atoms with Gasteiger partial charge in [0.1, 0.15) is 5.75 Å². The molecule has 0 spiro atoms. The fraction of sp³-hybridized carbons (Fsp3) is 0.391. The maximum Gasteiger partial charge on any atom is 0.226 e. The zero-order valence-corrected chi connectivity index (χ0v) is 16.2. The number of hydrogen-bond acceptors (Lipinski definition) is 4. The minimum atomic E-state index is 0.105. The van der Waals surface area contributed by atoms with E-state index < -0.39 is 0 Å². The summed E-state index contributed by atoms with van der Waals surface area (Å²) >= 11 is 0. The minimum Gasteiger partial charge on any atom is -0.497 e. The first kappa shape index (κ1) is 18.7. The van der Waals surface area contributed by atoms with E-state index in [1.165, 1.54) is 5.56 Å². The highest BCUT2D eigenvalue weighted by Gasteiger charge is 2.45. The summed E-state index contributed by atoms with van der Waals surface area (Å²) < 4.78 is 5.13. The van der Waals surface area contributed by atoms with Crippen LogP contribution in [0.25, 0.3) is 0 Å². The number of amides is 1. The summed E-state index contributed by atoms with van der Waals surface area (Å²) in [5.41, 5.74) is 1.97. The molecule has 0 bridgehead atoms. The van der Waals surface area contributed by atoms with E-state index in [9.17, 15) is 9.59 Å². The maximum absolute atomic E-state index is 12.8. The van der Waals surface area contributed by atoms with Crippen LogP contribution in [0.15, 0.2) is 54.6 Å². The van der Waals surface area contributed by atoms with Crippen LogP contribution in [0.3, 0.4) is 0 Å². The molecule has 5 nitrogen and oxygen atoms in total. The Labute approximate surface area is 165 Å². The molecule has 1 amide bonds. The van der Waals surface area contributed by atoms with E-state index in [-0.39, 0.29) is 17.6 Å². The van der Waals surface area contributed by atoms with Crippen molar-refractivity contribution in [3.05, 3.63) is 65.7 Å². The van der Waals surface area contributed by atoms with Crippen LogP contribution in [0.5, 0.6) is 5.75 Å². The van der Waals surface area contributed by atoms with Gasteiger partial charge in [-0.1, -0.05) is 30.3 Å². The first-order valence-electron chi connectivity index (χ1n) is 9.89. The molecule has 1 heterocycles. The van der Waals surface area contributed by atoms with Gasteiger partial charge >= 0.3 is 0 Å². The van der Waals surface area contributed by atoms with E-state index in [4.69, 9.17) is 4.74 Å². The molecule has 0 radical (unpaired) electrons. The lowest BCUT2D eigenvalue weighted by atomic mass is 10.1. The van der Waals surface area contributed by atoms with Crippen LogP contribution in [0.1, 0.15) is 28.3 Å². The normalized spacial score (nSPS) is 22.0. The van der Waals surface area contributed by atoms with Gasteiger partial charge in [0, 0.05) is 37.7 Å². The quantitative estimate of drug-likeness (QED) is 0.726.